The predicted molar refractivity (Wildman–Crippen MR) is 119 cm³/mol. The molecular weight excluding hydrogens is 524 g/mol. The number of alkyl halides is 3. The number of nitrogens with one attached hydrogen (secondary N) is 3. The lowest BCUT2D eigenvalue weighted by molar-refractivity contribution is -0.192. The van der Waals surface area contributed by atoms with Crippen LogP contribution in [0.25, 0.3) is 0 Å². The minimum absolute atomic E-state index is 0.0784. The smallest absolute Gasteiger partial charge is 0.475 e. The van der Waals surface area contributed by atoms with E-state index < -0.39 is 22.2 Å². The van der Waals surface area contributed by atoms with E-state index in [1.807, 2.05) is 0 Å². The van der Waals surface area contributed by atoms with Crippen molar-refractivity contribution in [3.05, 3.63) is 59.0 Å². The van der Waals surface area contributed by atoms with E-state index in [1.165, 1.54) is 37.8 Å². The number of rotatable bonds is 6. The number of carboxylic acids is 1. The molecule has 0 radical (unpaired) electrons. The summed E-state index contributed by atoms with van der Waals surface area (Å²) < 4.78 is 57.9. The van der Waals surface area contributed by atoms with Gasteiger partial charge in [0, 0.05) is 12.3 Å². The Balaban J connectivity index is 0.000000509. The van der Waals surface area contributed by atoms with Crippen LogP contribution in [0.15, 0.2) is 53.8 Å². The summed E-state index contributed by atoms with van der Waals surface area (Å²) in [6, 6.07) is 9.37. The fourth-order valence-electron chi connectivity index (χ4n) is 2.10. The maximum Gasteiger partial charge on any atom is 0.490 e. The van der Waals surface area contributed by atoms with Gasteiger partial charge in [-0.15, -0.1) is 0 Å². The van der Waals surface area contributed by atoms with Gasteiger partial charge in [0.1, 0.15) is 23.8 Å². The molecule has 34 heavy (non-hydrogen) atoms. The lowest BCUT2D eigenvalue weighted by Crippen LogP contribution is -2.21. The van der Waals surface area contributed by atoms with Gasteiger partial charge in [-0.05, 0) is 37.4 Å². The third-order valence-corrected chi connectivity index (χ3v) is 5.64. The van der Waals surface area contributed by atoms with Crippen LogP contribution in [-0.4, -0.2) is 47.7 Å². The largest absolute Gasteiger partial charge is 0.490 e. The van der Waals surface area contributed by atoms with Crippen molar-refractivity contribution in [3.63, 3.8) is 0 Å². The van der Waals surface area contributed by atoms with Gasteiger partial charge in [0.2, 0.25) is 10.0 Å². The maximum atomic E-state index is 12.0. The molecule has 0 aliphatic rings. The van der Waals surface area contributed by atoms with Crippen LogP contribution in [-0.2, 0) is 14.8 Å². The zero-order valence-electron chi connectivity index (χ0n) is 16.9. The van der Waals surface area contributed by atoms with Crippen LogP contribution in [0.1, 0.15) is 0 Å². The van der Waals surface area contributed by atoms with E-state index in [0.29, 0.717) is 33.2 Å². The zero-order chi connectivity index (χ0) is 25.5. The number of aliphatic carboxylic acids is 1. The molecule has 2 aromatic heterocycles. The molecule has 1 aromatic carbocycles. The van der Waals surface area contributed by atoms with E-state index in [-0.39, 0.29) is 4.90 Å². The molecule has 10 nitrogen and oxygen atoms in total. The maximum absolute atomic E-state index is 12.0. The second-order valence-corrected chi connectivity index (χ2v) is 8.78. The van der Waals surface area contributed by atoms with E-state index in [0.717, 1.165) is 0 Å². The minimum atomic E-state index is -5.08. The number of carbonyl (C=O) groups is 1. The number of sulfonamides is 1. The highest BCUT2D eigenvalue weighted by Crippen LogP contribution is 2.28. The average Bonchev–Trinajstić information content (AvgIpc) is 2.77. The second kappa shape index (κ2) is 11.3. The van der Waals surface area contributed by atoms with Crippen molar-refractivity contribution in [2.45, 2.75) is 11.1 Å². The topological polar surface area (TPSA) is 146 Å². The summed E-state index contributed by atoms with van der Waals surface area (Å²) >= 11 is 12.0. The lowest BCUT2D eigenvalue weighted by Gasteiger charge is -2.11. The molecule has 0 unspecified atom stereocenters. The Kier molecular flexibility index (Phi) is 8.98. The molecule has 0 atom stereocenters. The monoisotopic (exact) mass is 538 g/mol. The summed E-state index contributed by atoms with van der Waals surface area (Å²) in [6.07, 6.45) is -2.22. The van der Waals surface area contributed by atoms with Gasteiger partial charge in [-0.3, -0.25) is 0 Å². The number of carboxylic acid groups (broad SMARTS) is 1. The molecule has 16 heteroatoms. The van der Waals surface area contributed by atoms with E-state index in [2.05, 4.69) is 30.3 Å². The SMILES string of the molecule is CNS(=O)(=O)c1ccc(Cl)c(Nc2cc(Nc3ccc(Cl)cn3)ncn2)c1.O=C(O)C(F)(F)F. The highest BCUT2D eigenvalue weighted by Gasteiger charge is 2.38. The molecule has 0 aliphatic carbocycles. The normalized spacial score (nSPS) is 11.2. The summed E-state index contributed by atoms with van der Waals surface area (Å²) in [5, 5.41) is 14.0. The molecule has 0 saturated heterocycles. The molecule has 2 heterocycles. The Labute approximate surface area is 201 Å². The summed E-state index contributed by atoms with van der Waals surface area (Å²) in [7, 11) is -2.26. The fourth-order valence-corrected chi connectivity index (χ4v) is 3.13. The van der Waals surface area contributed by atoms with Crippen molar-refractivity contribution >= 4 is 62.3 Å². The average molecular weight is 539 g/mol. The van der Waals surface area contributed by atoms with Crippen LogP contribution in [0.3, 0.4) is 0 Å². The summed E-state index contributed by atoms with van der Waals surface area (Å²) in [5.41, 5.74) is 0.391. The molecule has 0 saturated carbocycles. The van der Waals surface area contributed by atoms with Gasteiger partial charge in [0.05, 0.1) is 20.6 Å². The first-order chi connectivity index (χ1) is 15.8. The molecule has 0 spiro atoms. The highest BCUT2D eigenvalue weighted by molar-refractivity contribution is 7.89. The summed E-state index contributed by atoms with van der Waals surface area (Å²) in [4.78, 5) is 21.3. The fraction of sp³-hybridized carbons (Fsp3) is 0.111. The number of hydrogen-bond donors (Lipinski definition) is 4. The Bertz CT molecular complexity index is 1260. The van der Waals surface area contributed by atoms with E-state index in [9.17, 15) is 21.6 Å². The second-order valence-electron chi connectivity index (χ2n) is 6.05. The van der Waals surface area contributed by atoms with E-state index in [1.54, 1.807) is 18.2 Å². The number of hydrogen-bond acceptors (Lipinski definition) is 8. The van der Waals surface area contributed by atoms with Crippen molar-refractivity contribution in [2.75, 3.05) is 17.7 Å². The Morgan fingerprint density at radius 3 is 2.12 bits per heavy atom. The molecule has 0 amide bonds. The van der Waals surface area contributed by atoms with Gasteiger partial charge in [-0.2, -0.15) is 13.2 Å². The van der Waals surface area contributed by atoms with Crippen LogP contribution in [0.4, 0.5) is 36.3 Å². The van der Waals surface area contributed by atoms with E-state index >= 15 is 0 Å². The minimum Gasteiger partial charge on any atom is -0.475 e. The first-order valence-electron chi connectivity index (χ1n) is 8.82. The molecule has 0 aliphatic heterocycles. The zero-order valence-corrected chi connectivity index (χ0v) is 19.3. The molecule has 182 valence electrons. The molecule has 3 aromatic rings. The van der Waals surface area contributed by atoms with Gasteiger partial charge in [-0.1, -0.05) is 23.2 Å². The van der Waals surface area contributed by atoms with Crippen molar-refractivity contribution in [3.8, 4) is 0 Å². The van der Waals surface area contributed by atoms with Crippen LogP contribution in [0, 0.1) is 0 Å². The van der Waals surface area contributed by atoms with E-state index in [4.69, 9.17) is 33.1 Å². The predicted octanol–water partition coefficient (Wildman–Crippen LogP) is 4.21. The first kappa shape index (κ1) is 27.0. The van der Waals surface area contributed by atoms with Gasteiger partial charge in [-0.25, -0.2) is 32.9 Å². The standard InChI is InChI=1S/C16H14Cl2N6O2S.C2HF3O2/c1-19-27(25,26)11-3-4-12(18)13(6-11)23-15-7-16(22-9-21-15)24-14-5-2-10(17)8-20-14;3-2(4,5)1(6)7/h2-9,19H,1H3,(H2,20,21,22,23,24);(H,6,7). The van der Waals surface area contributed by atoms with Gasteiger partial charge in [0.25, 0.3) is 0 Å². The summed E-state index contributed by atoms with van der Waals surface area (Å²) in [5.74, 6) is -1.29. The first-order valence-corrected chi connectivity index (χ1v) is 11.1. The number of nitrogens with zero attached hydrogens (tertiary/aromatic N) is 3. The number of aromatic nitrogens is 3. The third-order valence-electron chi connectivity index (χ3n) is 3.67. The van der Waals surface area contributed by atoms with Crippen LogP contribution < -0.4 is 15.4 Å². The third kappa shape index (κ3) is 7.98. The van der Waals surface area contributed by atoms with Crippen molar-refractivity contribution in [1.82, 2.24) is 19.7 Å². The molecule has 0 bridgehead atoms. The Hall–Kier alpha value is -3.20. The van der Waals surface area contributed by atoms with Gasteiger partial charge < -0.3 is 15.7 Å². The molecule has 4 N–H and O–H groups in total. The number of anilines is 4. The number of pyridine rings is 1. The van der Waals surface area contributed by atoms with Crippen molar-refractivity contribution in [1.29, 1.82) is 0 Å². The lowest BCUT2D eigenvalue weighted by atomic mass is 10.3. The van der Waals surface area contributed by atoms with Crippen LogP contribution in [0.2, 0.25) is 10.0 Å². The molecular formula is C18H15Cl2F3N6O4S. The van der Waals surface area contributed by atoms with Crippen LogP contribution in [0.5, 0.6) is 0 Å². The van der Waals surface area contributed by atoms with Gasteiger partial charge in [0.15, 0.2) is 0 Å². The van der Waals surface area contributed by atoms with Gasteiger partial charge >= 0.3 is 12.1 Å². The number of halogens is 5. The molecule has 3 rings (SSSR count). The molecule has 0 fully saturated rings. The quantitative estimate of drug-likeness (QED) is 0.362. The van der Waals surface area contributed by atoms with Crippen molar-refractivity contribution < 1.29 is 31.5 Å². The number of benzene rings is 1. The van der Waals surface area contributed by atoms with Crippen molar-refractivity contribution in [2.24, 2.45) is 0 Å². The highest BCUT2D eigenvalue weighted by atomic mass is 35.5. The Morgan fingerprint density at radius 2 is 1.59 bits per heavy atom. The summed E-state index contributed by atoms with van der Waals surface area (Å²) in [6.45, 7) is 0. The Morgan fingerprint density at radius 1 is 0.971 bits per heavy atom. The van der Waals surface area contributed by atoms with Crippen LogP contribution >= 0.6 is 23.2 Å².